The molecule has 0 aliphatic carbocycles. The molecule has 16 heavy (non-hydrogen) atoms. The molecule has 0 amide bonds. The minimum atomic E-state index is -0.913. The number of nitrogens with two attached hydrogens (primary N) is 2. The van der Waals surface area contributed by atoms with Crippen LogP contribution in [0.4, 0.5) is 0 Å². The average Bonchev–Trinajstić information content (AvgIpc) is 2.19. The van der Waals surface area contributed by atoms with Crippen molar-refractivity contribution in [2.24, 2.45) is 16.5 Å². The molecule has 1 heterocycles. The number of likely N-dealkylation sites (tertiary alicyclic amines) is 1. The number of aliphatic hydroxyl groups excluding tert-OH is 1. The summed E-state index contributed by atoms with van der Waals surface area (Å²) in [5.74, 6) is -0.903. The predicted octanol–water partition coefficient (Wildman–Crippen LogP) is -1.48. The summed E-state index contributed by atoms with van der Waals surface area (Å²) in [5.41, 5.74) is 10.3. The van der Waals surface area contributed by atoms with Crippen molar-refractivity contribution in [1.82, 2.24) is 4.90 Å². The molecule has 0 bridgehead atoms. The molecule has 1 aliphatic rings. The molecule has 1 fully saturated rings. The zero-order chi connectivity index (χ0) is 12.1. The first-order valence-corrected chi connectivity index (χ1v) is 5.24. The van der Waals surface area contributed by atoms with Crippen LogP contribution in [0.3, 0.4) is 0 Å². The molecule has 2 atom stereocenters. The third-order valence-corrected chi connectivity index (χ3v) is 2.64. The van der Waals surface area contributed by atoms with Crippen molar-refractivity contribution in [3.05, 3.63) is 0 Å². The number of aliphatic carboxylic acids is 1. The zero-order valence-electron chi connectivity index (χ0n) is 9.04. The van der Waals surface area contributed by atoms with E-state index in [1.165, 1.54) is 0 Å². The van der Waals surface area contributed by atoms with Crippen LogP contribution in [0, 0.1) is 0 Å². The number of carboxylic acids is 1. The Morgan fingerprint density at radius 1 is 1.56 bits per heavy atom. The molecule has 6 N–H and O–H groups in total. The van der Waals surface area contributed by atoms with Crippen LogP contribution >= 0.6 is 0 Å². The van der Waals surface area contributed by atoms with Crippen molar-refractivity contribution in [3.8, 4) is 0 Å². The minimum absolute atomic E-state index is 0.0101. The maximum absolute atomic E-state index is 11.0. The number of aliphatic imine (C=N–C) groups is 1. The largest absolute Gasteiger partial charge is 0.480 e. The fraction of sp³-hybridized carbons (Fsp3) is 0.778. The van der Waals surface area contributed by atoms with Gasteiger partial charge in [-0.3, -0.25) is 14.7 Å². The number of rotatable bonds is 6. The Balaban J connectivity index is 2.34. The van der Waals surface area contributed by atoms with Gasteiger partial charge in [-0.1, -0.05) is 0 Å². The molecule has 0 spiro atoms. The summed E-state index contributed by atoms with van der Waals surface area (Å²) in [6.45, 7) is 1.04. The fourth-order valence-corrected chi connectivity index (χ4v) is 1.68. The normalized spacial score (nSPS) is 22.2. The fourth-order valence-electron chi connectivity index (χ4n) is 1.68. The second kappa shape index (κ2) is 5.66. The van der Waals surface area contributed by atoms with Gasteiger partial charge in [-0.2, -0.15) is 0 Å². The Bertz CT molecular complexity index is 278. The summed E-state index contributed by atoms with van der Waals surface area (Å²) in [4.78, 5) is 16.3. The summed E-state index contributed by atoms with van der Waals surface area (Å²) in [6.07, 6.45) is 1.03. The predicted molar refractivity (Wildman–Crippen MR) is 58.7 cm³/mol. The van der Waals surface area contributed by atoms with E-state index in [1.807, 2.05) is 0 Å². The summed E-state index contributed by atoms with van der Waals surface area (Å²) in [6, 6.07) is -0.641. The van der Waals surface area contributed by atoms with Gasteiger partial charge in [0.05, 0.1) is 0 Å². The Hall–Kier alpha value is -1.34. The van der Waals surface area contributed by atoms with Gasteiger partial charge in [-0.25, -0.2) is 0 Å². The molecule has 0 aromatic rings. The van der Waals surface area contributed by atoms with Crippen molar-refractivity contribution < 1.29 is 15.0 Å². The molecule has 0 saturated carbocycles. The summed E-state index contributed by atoms with van der Waals surface area (Å²) >= 11 is 0. The van der Waals surface area contributed by atoms with Crippen LogP contribution in [0.25, 0.3) is 0 Å². The average molecular weight is 230 g/mol. The molecule has 0 radical (unpaired) electrons. The topological polar surface area (TPSA) is 125 Å². The van der Waals surface area contributed by atoms with Crippen LogP contribution in [0.2, 0.25) is 0 Å². The second-order valence-corrected chi connectivity index (χ2v) is 3.81. The molecule has 7 heteroatoms. The molecule has 0 aromatic heterocycles. The monoisotopic (exact) mass is 230 g/mol. The number of aliphatic hydroxyl groups is 1. The maximum Gasteiger partial charge on any atom is 0.320 e. The first kappa shape index (κ1) is 12.7. The van der Waals surface area contributed by atoms with Crippen LogP contribution in [0.15, 0.2) is 4.99 Å². The van der Waals surface area contributed by atoms with E-state index in [0.29, 0.717) is 32.4 Å². The van der Waals surface area contributed by atoms with Crippen molar-refractivity contribution in [2.75, 3.05) is 13.1 Å². The lowest BCUT2D eigenvalue weighted by Gasteiger charge is -2.41. The van der Waals surface area contributed by atoms with Gasteiger partial charge in [0.2, 0.25) is 0 Å². The van der Waals surface area contributed by atoms with E-state index in [9.17, 15) is 9.90 Å². The highest BCUT2D eigenvalue weighted by molar-refractivity contribution is 5.75. The molecular formula is C9H18N4O3. The highest BCUT2D eigenvalue weighted by atomic mass is 16.4. The van der Waals surface area contributed by atoms with Crippen LogP contribution < -0.4 is 11.5 Å². The van der Waals surface area contributed by atoms with E-state index in [0.717, 1.165) is 0 Å². The quantitative estimate of drug-likeness (QED) is 0.250. The third kappa shape index (κ3) is 3.35. The molecule has 0 aromatic carbocycles. The van der Waals surface area contributed by atoms with Crippen molar-refractivity contribution in [3.63, 3.8) is 0 Å². The van der Waals surface area contributed by atoms with Gasteiger partial charge < -0.3 is 21.7 Å². The molecule has 0 unspecified atom stereocenters. The lowest BCUT2D eigenvalue weighted by atomic mass is 10.0. The standard InChI is InChI=1S/C9H18N4O3/c10-9(11)12-4-1-2-6(8(15)16)13-5-3-7(13)14/h6-7,14H,1-5H2,(H,15,16)(H4,10,11,12)/t6-,7+/m0/s1. The minimum Gasteiger partial charge on any atom is -0.480 e. The Kier molecular flexibility index (Phi) is 4.51. The highest BCUT2D eigenvalue weighted by Crippen LogP contribution is 2.21. The van der Waals surface area contributed by atoms with E-state index >= 15 is 0 Å². The summed E-state index contributed by atoms with van der Waals surface area (Å²) in [5, 5.41) is 18.4. The van der Waals surface area contributed by atoms with Crippen LogP contribution in [-0.4, -0.2) is 52.4 Å². The van der Waals surface area contributed by atoms with Crippen LogP contribution in [0.1, 0.15) is 19.3 Å². The number of carboxylic acid groups (broad SMARTS) is 1. The van der Waals surface area contributed by atoms with Gasteiger partial charge in [0, 0.05) is 13.1 Å². The number of carbonyl (C=O) groups is 1. The van der Waals surface area contributed by atoms with Gasteiger partial charge in [0.1, 0.15) is 12.3 Å². The van der Waals surface area contributed by atoms with Crippen molar-refractivity contribution >= 4 is 11.9 Å². The van der Waals surface area contributed by atoms with E-state index < -0.39 is 18.2 Å². The van der Waals surface area contributed by atoms with Gasteiger partial charge in [0.15, 0.2) is 5.96 Å². The number of hydrogen-bond donors (Lipinski definition) is 4. The second-order valence-electron chi connectivity index (χ2n) is 3.81. The van der Waals surface area contributed by atoms with Gasteiger partial charge in [-0.15, -0.1) is 0 Å². The Morgan fingerprint density at radius 3 is 2.62 bits per heavy atom. The smallest absolute Gasteiger partial charge is 0.320 e. The number of nitrogens with zero attached hydrogens (tertiary/aromatic N) is 2. The SMILES string of the molecule is NC(N)=NCCC[C@@H](C(=O)O)N1CC[C@H]1O. The summed E-state index contributed by atoms with van der Waals surface area (Å²) in [7, 11) is 0. The van der Waals surface area contributed by atoms with Crippen LogP contribution in [0.5, 0.6) is 0 Å². The first-order chi connectivity index (χ1) is 7.52. The van der Waals surface area contributed by atoms with E-state index in [-0.39, 0.29) is 5.96 Å². The lowest BCUT2D eigenvalue weighted by molar-refractivity contribution is -0.159. The number of guanidine groups is 1. The highest BCUT2D eigenvalue weighted by Gasteiger charge is 2.35. The summed E-state index contributed by atoms with van der Waals surface area (Å²) < 4.78 is 0. The van der Waals surface area contributed by atoms with E-state index in [1.54, 1.807) is 4.90 Å². The van der Waals surface area contributed by atoms with Gasteiger partial charge in [-0.05, 0) is 19.3 Å². The number of hydrogen-bond acceptors (Lipinski definition) is 4. The lowest BCUT2D eigenvalue weighted by Crippen LogP contribution is -2.55. The molecule has 1 saturated heterocycles. The van der Waals surface area contributed by atoms with Crippen molar-refractivity contribution in [1.29, 1.82) is 0 Å². The molecule has 7 nitrogen and oxygen atoms in total. The Morgan fingerprint density at radius 2 is 2.25 bits per heavy atom. The van der Waals surface area contributed by atoms with Crippen LogP contribution in [-0.2, 0) is 4.79 Å². The maximum atomic E-state index is 11.0. The molecular weight excluding hydrogens is 212 g/mol. The van der Waals surface area contributed by atoms with Crippen molar-refractivity contribution in [2.45, 2.75) is 31.5 Å². The first-order valence-electron chi connectivity index (χ1n) is 5.24. The van der Waals surface area contributed by atoms with E-state index in [2.05, 4.69) is 4.99 Å². The van der Waals surface area contributed by atoms with Gasteiger partial charge >= 0.3 is 5.97 Å². The molecule has 92 valence electrons. The van der Waals surface area contributed by atoms with Gasteiger partial charge in [0.25, 0.3) is 0 Å². The Labute approximate surface area is 93.7 Å². The molecule has 1 rings (SSSR count). The molecule has 1 aliphatic heterocycles. The van der Waals surface area contributed by atoms with E-state index in [4.69, 9.17) is 16.6 Å². The third-order valence-electron chi connectivity index (χ3n) is 2.64. The zero-order valence-corrected chi connectivity index (χ0v) is 9.04.